The minimum atomic E-state index is 0.763. The molecule has 1 unspecified atom stereocenters. The van der Waals surface area contributed by atoms with Gasteiger partial charge in [0.25, 0.3) is 0 Å². The van der Waals surface area contributed by atoms with E-state index in [1.165, 1.54) is 51.6 Å². The first-order valence-electron chi connectivity index (χ1n) is 7.34. The van der Waals surface area contributed by atoms with Gasteiger partial charge in [0, 0.05) is 19.2 Å². The van der Waals surface area contributed by atoms with Crippen molar-refractivity contribution in [2.24, 2.45) is 5.92 Å². The molecular formula is C14H28N2O. The lowest BCUT2D eigenvalue weighted by atomic mass is 10.0. The largest absolute Gasteiger partial charge is 0.380 e. The molecule has 0 bridgehead atoms. The average Bonchev–Trinajstić information content (AvgIpc) is 3.17. The molecule has 0 spiro atoms. The van der Waals surface area contributed by atoms with E-state index in [2.05, 4.69) is 17.3 Å². The van der Waals surface area contributed by atoms with Crippen molar-refractivity contribution in [3.8, 4) is 0 Å². The van der Waals surface area contributed by atoms with Crippen LogP contribution in [-0.4, -0.2) is 50.8 Å². The summed E-state index contributed by atoms with van der Waals surface area (Å²) in [4.78, 5) is 2.41. The predicted octanol–water partition coefficient (Wildman–Crippen LogP) is 1.88. The van der Waals surface area contributed by atoms with Gasteiger partial charge in [0.1, 0.15) is 0 Å². The number of likely N-dealkylation sites (N-methyl/N-ethyl adjacent to an activating group) is 1. The Morgan fingerprint density at radius 2 is 2.06 bits per heavy atom. The van der Waals surface area contributed by atoms with Gasteiger partial charge in [0.15, 0.2) is 0 Å². The van der Waals surface area contributed by atoms with E-state index in [9.17, 15) is 0 Å². The molecule has 3 heteroatoms. The summed E-state index contributed by atoms with van der Waals surface area (Å²) >= 11 is 0. The van der Waals surface area contributed by atoms with Gasteiger partial charge >= 0.3 is 0 Å². The highest BCUT2D eigenvalue weighted by molar-refractivity contribution is 4.73. The molecule has 1 aliphatic heterocycles. The fourth-order valence-electron chi connectivity index (χ4n) is 2.41. The van der Waals surface area contributed by atoms with E-state index >= 15 is 0 Å². The van der Waals surface area contributed by atoms with Crippen molar-refractivity contribution >= 4 is 0 Å². The van der Waals surface area contributed by atoms with Gasteiger partial charge in [-0.3, -0.25) is 0 Å². The molecule has 2 rings (SSSR count). The SMILES string of the molecule is CN(CCOCC1CC1)CCC1CCCCN1. The van der Waals surface area contributed by atoms with Gasteiger partial charge in [0.2, 0.25) is 0 Å². The molecular weight excluding hydrogens is 212 g/mol. The molecule has 0 aromatic carbocycles. The fourth-order valence-corrected chi connectivity index (χ4v) is 2.41. The van der Waals surface area contributed by atoms with E-state index in [1.807, 2.05) is 0 Å². The van der Waals surface area contributed by atoms with Gasteiger partial charge in [-0.05, 0) is 58.2 Å². The number of ether oxygens (including phenoxy) is 1. The van der Waals surface area contributed by atoms with E-state index < -0.39 is 0 Å². The van der Waals surface area contributed by atoms with Crippen LogP contribution >= 0.6 is 0 Å². The molecule has 1 heterocycles. The zero-order valence-corrected chi connectivity index (χ0v) is 11.3. The molecule has 0 aromatic heterocycles. The Kier molecular flexibility index (Phi) is 5.75. The maximum Gasteiger partial charge on any atom is 0.0593 e. The number of rotatable bonds is 8. The van der Waals surface area contributed by atoms with Crippen LogP contribution in [0, 0.1) is 5.92 Å². The lowest BCUT2D eigenvalue weighted by Crippen LogP contribution is -2.37. The lowest BCUT2D eigenvalue weighted by molar-refractivity contribution is 0.102. The van der Waals surface area contributed by atoms with E-state index in [-0.39, 0.29) is 0 Å². The van der Waals surface area contributed by atoms with E-state index in [0.29, 0.717) is 0 Å². The third kappa shape index (κ3) is 5.84. The number of hydrogen-bond acceptors (Lipinski definition) is 3. The van der Waals surface area contributed by atoms with Crippen molar-refractivity contribution in [1.82, 2.24) is 10.2 Å². The van der Waals surface area contributed by atoms with Crippen LogP contribution in [-0.2, 0) is 4.74 Å². The Balaban J connectivity index is 1.43. The standard InChI is InChI=1S/C14H28N2O/c1-16(10-11-17-12-13-5-6-13)9-7-14-4-2-3-8-15-14/h13-15H,2-12H2,1H3. The first-order chi connectivity index (χ1) is 8.34. The van der Waals surface area contributed by atoms with Gasteiger partial charge in [-0.2, -0.15) is 0 Å². The summed E-state index contributed by atoms with van der Waals surface area (Å²) in [5.74, 6) is 0.895. The Labute approximate surface area is 106 Å². The van der Waals surface area contributed by atoms with E-state index in [4.69, 9.17) is 4.74 Å². The van der Waals surface area contributed by atoms with E-state index in [0.717, 1.165) is 31.7 Å². The van der Waals surface area contributed by atoms with Gasteiger partial charge in [0.05, 0.1) is 6.61 Å². The molecule has 1 N–H and O–H groups in total. The van der Waals surface area contributed by atoms with Crippen LogP contribution in [0.5, 0.6) is 0 Å². The van der Waals surface area contributed by atoms with Gasteiger partial charge < -0.3 is 15.0 Å². The zero-order valence-electron chi connectivity index (χ0n) is 11.3. The Hall–Kier alpha value is -0.120. The Morgan fingerprint density at radius 1 is 1.18 bits per heavy atom. The van der Waals surface area contributed by atoms with Crippen LogP contribution < -0.4 is 5.32 Å². The first kappa shape index (κ1) is 13.3. The predicted molar refractivity (Wildman–Crippen MR) is 71.3 cm³/mol. The molecule has 0 radical (unpaired) electrons. The molecule has 17 heavy (non-hydrogen) atoms. The number of hydrogen-bond donors (Lipinski definition) is 1. The summed E-state index contributed by atoms with van der Waals surface area (Å²) in [6.45, 7) is 5.41. The molecule has 1 saturated heterocycles. The molecule has 0 aromatic rings. The molecule has 1 aliphatic carbocycles. The van der Waals surface area contributed by atoms with Crippen molar-refractivity contribution in [2.75, 3.05) is 39.9 Å². The number of nitrogens with zero attached hydrogens (tertiary/aromatic N) is 1. The molecule has 0 amide bonds. The minimum absolute atomic E-state index is 0.763. The Bertz CT molecular complexity index is 200. The molecule has 1 saturated carbocycles. The summed E-state index contributed by atoms with van der Waals surface area (Å²) in [5, 5.41) is 3.61. The van der Waals surface area contributed by atoms with Crippen molar-refractivity contribution < 1.29 is 4.74 Å². The van der Waals surface area contributed by atoms with Crippen LogP contribution in [0.1, 0.15) is 38.5 Å². The second-order valence-electron chi connectivity index (χ2n) is 5.76. The van der Waals surface area contributed by atoms with Crippen molar-refractivity contribution in [2.45, 2.75) is 44.6 Å². The van der Waals surface area contributed by atoms with Crippen LogP contribution in [0.4, 0.5) is 0 Å². The zero-order chi connectivity index (χ0) is 11.9. The van der Waals surface area contributed by atoms with Crippen LogP contribution in [0.15, 0.2) is 0 Å². The van der Waals surface area contributed by atoms with Crippen LogP contribution in [0.2, 0.25) is 0 Å². The fraction of sp³-hybridized carbons (Fsp3) is 1.00. The maximum absolute atomic E-state index is 5.66. The summed E-state index contributed by atoms with van der Waals surface area (Å²) < 4.78 is 5.66. The highest BCUT2D eigenvalue weighted by atomic mass is 16.5. The summed E-state index contributed by atoms with van der Waals surface area (Å²) in [5.41, 5.74) is 0. The van der Waals surface area contributed by atoms with Crippen molar-refractivity contribution in [1.29, 1.82) is 0 Å². The summed E-state index contributed by atoms with van der Waals surface area (Å²) in [6, 6.07) is 0.763. The first-order valence-corrected chi connectivity index (χ1v) is 7.34. The average molecular weight is 240 g/mol. The highest BCUT2D eigenvalue weighted by Crippen LogP contribution is 2.28. The maximum atomic E-state index is 5.66. The molecule has 2 fully saturated rings. The molecule has 2 aliphatic rings. The molecule has 100 valence electrons. The normalized spacial score (nSPS) is 25.4. The van der Waals surface area contributed by atoms with Gasteiger partial charge in [-0.1, -0.05) is 6.42 Å². The van der Waals surface area contributed by atoms with Crippen LogP contribution in [0.25, 0.3) is 0 Å². The van der Waals surface area contributed by atoms with Gasteiger partial charge in [-0.25, -0.2) is 0 Å². The van der Waals surface area contributed by atoms with E-state index in [1.54, 1.807) is 0 Å². The Morgan fingerprint density at radius 3 is 2.76 bits per heavy atom. The number of nitrogens with one attached hydrogen (secondary N) is 1. The quantitative estimate of drug-likeness (QED) is 0.656. The second kappa shape index (κ2) is 7.34. The summed E-state index contributed by atoms with van der Waals surface area (Å²) in [6.07, 6.45) is 8.21. The van der Waals surface area contributed by atoms with Crippen molar-refractivity contribution in [3.63, 3.8) is 0 Å². The number of piperidine rings is 1. The highest BCUT2D eigenvalue weighted by Gasteiger charge is 2.21. The van der Waals surface area contributed by atoms with Crippen molar-refractivity contribution in [3.05, 3.63) is 0 Å². The summed E-state index contributed by atoms with van der Waals surface area (Å²) in [7, 11) is 2.21. The van der Waals surface area contributed by atoms with Gasteiger partial charge in [-0.15, -0.1) is 0 Å². The lowest BCUT2D eigenvalue weighted by Gasteiger charge is -2.25. The molecule has 3 nitrogen and oxygen atoms in total. The molecule has 1 atom stereocenters. The second-order valence-corrected chi connectivity index (χ2v) is 5.76. The monoisotopic (exact) mass is 240 g/mol. The van der Waals surface area contributed by atoms with Crippen LogP contribution in [0.3, 0.4) is 0 Å². The smallest absolute Gasteiger partial charge is 0.0593 e. The minimum Gasteiger partial charge on any atom is -0.380 e. The topological polar surface area (TPSA) is 24.5 Å². The third-order valence-electron chi connectivity index (χ3n) is 3.94. The third-order valence-corrected chi connectivity index (χ3v) is 3.94.